The van der Waals surface area contributed by atoms with Crippen LogP contribution >= 0.6 is 12.4 Å². The highest BCUT2D eigenvalue weighted by Crippen LogP contribution is 2.18. The van der Waals surface area contributed by atoms with Crippen molar-refractivity contribution in [2.24, 2.45) is 5.92 Å². The van der Waals surface area contributed by atoms with Crippen LogP contribution in [0.3, 0.4) is 0 Å². The molecule has 2 rings (SSSR count). The Hall–Kier alpha value is -1.06. The summed E-state index contributed by atoms with van der Waals surface area (Å²) in [5.41, 5.74) is 1.31. The Bertz CT molecular complexity index is 377. The molecule has 1 aromatic rings. The van der Waals surface area contributed by atoms with E-state index in [1.54, 1.807) is 0 Å². The van der Waals surface area contributed by atoms with Crippen LogP contribution in [0, 0.1) is 5.92 Å². The Balaban J connectivity index is 0.00000180. The van der Waals surface area contributed by atoms with E-state index in [2.05, 4.69) is 41.8 Å². The Morgan fingerprint density at radius 1 is 1.42 bits per heavy atom. The Kier molecular flexibility index (Phi) is 6.89. The second-order valence-corrected chi connectivity index (χ2v) is 4.95. The van der Waals surface area contributed by atoms with E-state index in [-0.39, 0.29) is 24.2 Å². The smallest absolute Gasteiger partial charge is 0.224 e. The Morgan fingerprint density at radius 2 is 2.16 bits per heavy atom. The molecule has 2 unspecified atom stereocenters. The molecular weight excluding hydrogens is 260 g/mol. The van der Waals surface area contributed by atoms with Crippen LogP contribution in [0.25, 0.3) is 0 Å². The van der Waals surface area contributed by atoms with Crippen LogP contribution < -0.4 is 10.6 Å². The van der Waals surface area contributed by atoms with Gasteiger partial charge in [0.2, 0.25) is 5.91 Å². The average Bonchev–Trinajstić information content (AvgIpc) is 2.94. The van der Waals surface area contributed by atoms with Gasteiger partial charge in [0.25, 0.3) is 0 Å². The third-order valence-electron chi connectivity index (χ3n) is 3.72. The number of halogens is 1. The highest BCUT2D eigenvalue weighted by Gasteiger charge is 2.22. The first-order valence-electron chi connectivity index (χ1n) is 6.84. The van der Waals surface area contributed by atoms with Crippen molar-refractivity contribution < 1.29 is 4.79 Å². The van der Waals surface area contributed by atoms with E-state index in [4.69, 9.17) is 0 Å². The molecule has 1 heterocycles. The third-order valence-corrected chi connectivity index (χ3v) is 3.72. The van der Waals surface area contributed by atoms with E-state index in [0.29, 0.717) is 5.92 Å². The summed E-state index contributed by atoms with van der Waals surface area (Å²) in [4.78, 5) is 11.9. The predicted molar refractivity (Wildman–Crippen MR) is 80.7 cm³/mol. The molecule has 1 amide bonds. The third kappa shape index (κ3) is 4.51. The number of hydrogen-bond donors (Lipinski definition) is 2. The number of benzene rings is 1. The quantitative estimate of drug-likeness (QED) is 0.870. The average molecular weight is 283 g/mol. The van der Waals surface area contributed by atoms with Gasteiger partial charge < -0.3 is 10.6 Å². The lowest BCUT2D eigenvalue weighted by atomic mass is 9.96. The summed E-state index contributed by atoms with van der Waals surface area (Å²) in [6.45, 7) is 4.71. The van der Waals surface area contributed by atoms with E-state index in [9.17, 15) is 4.79 Å². The molecule has 1 saturated heterocycles. The number of carbonyl (C=O) groups is 1. The first kappa shape index (κ1) is 16.0. The van der Waals surface area contributed by atoms with Crippen molar-refractivity contribution in [1.82, 2.24) is 10.6 Å². The van der Waals surface area contributed by atoms with Gasteiger partial charge in [0.15, 0.2) is 0 Å². The molecule has 0 spiro atoms. The Labute approximate surface area is 121 Å². The van der Waals surface area contributed by atoms with Crippen LogP contribution in [0.4, 0.5) is 0 Å². The van der Waals surface area contributed by atoms with Crippen LogP contribution in [0.15, 0.2) is 30.3 Å². The Morgan fingerprint density at radius 3 is 2.74 bits per heavy atom. The number of rotatable bonds is 5. The van der Waals surface area contributed by atoms with Gasteiger partial charge >= 0.3 is 0 Å². The normalized spacial score (nSPS) is 19.5. The lowest BCUT2D eigenvalue weighted by molar-refractivity contribution is -0.124. The first-order chi connectivity index (χ1) is 8.81. The molecule has 19 heavy (non-hydrogen) atoms. The van der Waals surface area contributed by atoms with E-state index in [1.807, 2.05) is 6.07 Å². The molecule has 0 aromatic heterocycles. The van der Waals surface area contributed by atoms with Gasteiger partial charge in [-0.1, -0.05) is 37.3 Å². The maximum Gasteiger partial charge on any atom is 0.224 e. The summed E-state index contributed by atoms with van der Waals surface area (Å²) in [6, 6.07) is 10.4. The van der Waals surface area contributed by atoms with Crippen molar-refractivity contribution >= 4 is 18.3 Å². The number of carbonyl (C=O) groups excluding carboxylic acids is 1. The first-order valence-corrected chi connectivity index (χ1v) is 6.84. The van der Waals surface area contributed by atoms with Crippen LogP contribution in [0.1, 0.15) is 31.2 Å². The fourth-order valence-corrected chi connectivity index (χ4v) is 2.47. The van der Waals surface area contributed by atoms with Crippen molar-refractivity contribution in [3.8, 4) is 0 Å². The van der Waals surface area contributed by atoms with Gasteiger partial charge in [0.05, 0.1) is 5.92 Å². The molecule has 1 aromatic carbocycles. The number of nitrogens with one attached hydrogen (secondary N) is 2. The maximum absolute atomic E-state index is 11.9. The summed E-state index contributed by atoms with van der Waals surface area (Å²) >= 11 is 0. The van der Waals surface area contributed by atoms with Crippen LogP contribution in [-0.2, 0) is 4.79 Å². The van der Waals surface area contributed by atoms with Gasteiger partial charge in [-0.15, -0.1) is 12.4 Å². The standard InChI is InChI=1S/C15H22N2O.ClH/c1-2-12(13-6-4-3-5-7-13)11-17-15(18)14-8-9-16-10-14;/h3-7,12,14,16H,2,8-11H2,1H3,(H,17,18);1H. The molecule has 1 aliphatic heterocycles. The predicted octanol–water partition coefficient (Wildman–Crippen LogP) is 2.33. The van der Waals surface area contributed by atoms with E-state index >= 15 is 0 Å². The zero-order valence-corrected chi connectivity index (χ0v) is 12.2. The monoisotopic (exact) mass is 282 g/mol. The van der Waals surface area contributed by atoms with Gasteiger partial charge in [-0.2, -0.15) is 0 Å². The topological polar surface area (TPSA) is 41.1 Å². The van der Waals surface area contributed by atoms with Crippen molar-refractivity contribution in [3.63, 3.8) is 0 Å². The van der Waals surface area contributed by atoms with Crippen molar-refractivity contribution in [3.05, 3.63) is 35.9 Å². The molecule has 1 aliphatic rings. The fraction of sp³-hybridized carbons (Fsp3) is 0.533. The lowest BCUT2D eigenvalue weighted by Crippen LogP contribution is -2.34. The molecule has 0 saturated carbocycles. The van der Waals surface area contributed by atoms with Gasteiger partial charge in [-0.25, -0.2) is 0 Å². The highest BCUT2D eigenvalue weighted by molar-refractivity contribution is 5.85. The van der Waals surface area contributed by atoms with Crippen molar-refractivity contribution in [2.75, 3.05) is 19.6 Å². The zero-order valence-electron chi connectivity index (χ0n) is 11.4. The molecule has 0 bridgehead atoms. The molecule has 106 valence electrons. The van der Waals surface area contributed by atoms with Crippen molar-refractivity contribution in [1.29, 1.82) is 0 Å². The van der Waals surface area contributed by atoms with E-state index in [1.165, 1.54) is 5.56 Å². The van der Waals surface area contributed by atoms with Gasteiger partial charge in [0.1, 0.15) is 0 Å². The molecule has 1 fully saturated rings. The second-order valence-electron chi connectivity index (χ2n) is 4.95. The zero-order chi connectivity index (χ0) is 12.8. The minimum atomic E-state index is 0. The molecular formula is C15H23ClN2O. The molecule has 0 radical (unpaired) electrons. The summed E-state index contributed by atoms with van der Waals surface area (Å²) in [6.07, 6.45) is 2.02. The number of amides is 1. The van der Waals surface area contributed by atoms with Gasteiger partial charge in [-0.05, 0) is 24.9 Å². The fourth-order valence-electron chi connectivity index (χ4n) is 2.47. The minimum absolute atomic E-state index is 0. The highest BCUT2D eigenvalue weighted by atomic mass is 35.5. The molecule has 2 N–H and O–H groups in total. The summed E-state index contributed by atoms with van der Waals surface area (Å²) in [5.74, 6) is 0.789. The van der Waals surface area contributed by atoms with Gasteiger partial charge in [-0.3, -0.25) is 4.79 Å². The summed E-state index contributed by atoms with van der Waals surface area (Å²) in [5, 5.41) is 6.32. The largest absolute Gasteiger partial charge is 0.355 e. The SMILES string of the molecule is CCC(CNC(=O)C1CCNC1)c1ccccc1.Cl. The van der Waals surface area contributed by atoms with Gasteiger partial charge in [0, 0.05) is 19.0 Å². The van der Waals surface area contributed by atoms with Crippen molar-refractivity contribution in [2.45, 2.75) is 25.7 Å². The number of hydrogen-bond acceptors (Lipinski definition) is 2. The lowest BCUT2D eigenvalue weighted by Gasteiger charge is -2.17. The molecule has 4 heteroatoms. The molecule has 2 atom stereocenters. The summed E-state index contributed by atoms with van der Waals surface area (Å²) in [7, 11) is 0. The van der Waals surface area contributed by atoms with E-state index < -0.39 is 0 Å². The van der Waals surface area contributed by atoms with Crippen LogP contribution in [0.5, 0.6) is 0 Å². The van der Waals surface area contributed by atoms with E-state index in [0.717, 1.165) is 32.5 Å². The maximum atomic E-state index is 11.9. The minimum Gasteiger partial charge on any atom is -0.355 e. The molecule has 3 nitrogen and oxygen atoms in total. The summed E-state index contributed by atoms with van der Waals surface area (Å²) < 4.78 is 0. The second kappa shape index (κ2) is 8.18. The van der Waals surface area contributed by atoms with Crippen LogP contribution in [0.2, 0.25) is 0 Å². The molecule has 0 aliphatic carbocycles. The van der Waals surface area contributed by atoms with Crippen LogP contribution in [-0.4, -0.2) is 25.5 Å².